The first-order chi connectivity index (χ1) is 8.83. The first-order valence-corrected chi connectivity index (χ1v) is 6.21. The summed E-state index contributed by atoms with van der Waals surface area (Å²) in [7, 11) is 2.13. The van der Waals surface area contributed by atoms with Gasteiger partial charge in [-0.25, -0.2) is 9.97 Å². The molecule has 0 radical (unpaired) electrons. The highest BCUT2D eigenvalue weighted by atomic mass is 15.2. The van der Waals surface area contributed by atoms with Crippen LogP contribution in [-0.2, 0) is 0 Å². The molecular weight excluding hydrogens is 226 g/mol. The number of aromatic amines is 1. The molecule has 1 fully saturated rings. The Kier molecular flexibility index (Phi) is 3.08. The number of hydrogen-bond donors (Lipinski definition) is 2. The number of likely N-dealkylation sites (N-methyl/N-ethyl adjacent to an activating group) is 1. The van der Waals surface area contributed by atoms with Gasteiger partial charge in [-0.1, -0.05) is 0 Å². The van der Waals surface area contributed by atoms with Gasteiger partial charge in [-0.3, -0.25) is 0 Å². The minimum atomic E-state index is 0.221. The fraction of sp³-hybridized carbons (Fsp3) is 0.385. The summed E-state index contributed by atoms with van der Waals surface area (Å²) >= 11 is 0. The Morgan fingerprint density at radius 3 is 3.11 bits per heavy atom. The molecule has 1 aliphatic rings. The summed E-state index contributed by atoms with van der Waals surface area (Å²) in [5.74, 6) is 0.869. The van der Waals surface area contributed by atoms with Crippen LogP contribution in [0.25, 0.3) is 11.4 Å². The van der Waals surface area contributed by atoms with Crippen molar-refractivity contribution in [2.24, 2.45) is 0 Å². The summed E-state index contributed by atoms with van der Waals surface area (Å²) in [5.41, 5.74) is 1.97. The molecule has 94 valence electrons. The smallest absolute Gasteiger partial charge is 0.147 e. The molecule has 18 heavy (non-hydrogen) atoms. The van der Waals surface area contributed by atoms with Crippen molar-refractivity contribution in [2.45, 2.75) is 6.04 Å². The molecule has 1 unspecified atom stereocenters. The Balaban J connectivity index is 1.86. The Morgan fingerprint density at radius 1 is 1.39 bits per heavy atom. The summed E-state index contributed by atoms with van der Waals surface area (Å²) < 4.78 is 0. The Morgan fingerprint density at radius 2 is 2.33 bits per heavy atom. The van der Waals surface area contributed by atoms with Crippen molar-refractivity contribution in [1.29, 1.82) is 0 Å². The van der Waals surface area contributed by atoms with Crippen LogP contribution < -0.4 is 5.32 Å². The highest BCUT2D eigenvalue weighted by Crippen LogP contribution is 2.17. The van der Waals surface area contributed by atoms with Gasteiger partial charge >= 0.3 is 0 Å². The lowest BCUT2D eigenvalue weighted by Crippen LogP contribution is -2.44. The molecule has 0 bridgehead atoms. The van der Waals surface area contributed by atoms with Gasteiger partial charge in [0.1, 0.15) is 5.82 Å². The van der Waals surface area contributed by atoms with E-state index in [0.29, 0.717) is 0 Å². The van der Waals surface area contributed by atoms with Gasteiger partial charge in [-0.2, -0.15) is 0 Å². The van der Waals surface area contributed by atoms with E-state index in [4.69, 9.17) is 0 Å². The molecule has 3 rings (SSSR count). The average molecular weight is 243 g/mol. The molecule has 5 nitrogen and oxygen atoms in total. The standard InChI is InChI=1S/C13H17N5/c1-18-8-7-15-12(9-18)13-16-6-4-11(17-13)10-3-2-5-14-10/h2-6,12,14-15H,7-9H2,1H3. The highest BCUT2D eigenvalue weighted by Gasteiger charge is 2.20. The van der Waals surface area contributed by atoms with E-state index >= 15 is 0 Å². The fourth-order valence-corrected chi connectivity index (χ4v) is 2.25. The predicted octanol–water partition coefficient (Wildman–Crippen LogP) is 1.05. The highest BCUT2D eigenvalue weighted by molar-refractivity contribution is 5.53. The maximum absolute atomic E-state index is 4.64. The van der Waals surface area contributed by atoms with Crippen molar-refractivity contribution >= 4 is 0 Å². The largest absolute Gasteiger partial charge is 0.360 e. The molecule has 0 aromatic carbocycles. The molecule has 1 aliphatic heterocycles. The van der Waals surface area contributed by atoms with Crippen LogP contribution in [0.4, 0.5) is 0 Å². The third-order valence-electron chi connectivity index (χ3n) is 3.24. The summed E-state index contributed by atoms with van der Waals surface area (Å²) in [4.78, 5) is 14.5. The first kappa shape index (κ1) is 11.4. The summed E-state index contributed by atoms with van der Waals surface area (Å²) in [5, 5.41) is 3.46. The van der Waals surface area contributed by atoms with E-state index in [1.54, 1.807) is 0 Å². The fourth-order valence-electron chi connectivity index (χ4n) is 2.25. The number of H-pyrrole nitrogens is 1. The van der Waals surface area contributed by atoms with Gasteiger partial charge in [0.25, 0.3) is 0 Å². The SMILES string of the molecule is CN1CCNC(c2nccc(-c3ccc[nH]3)n2)C1. The second-order valence-corrected chi connectivity index (χ2v) is 4.65. The van der Waals surface area contributed by atoms with Crippen molar-refractivity contribution in [3.05, 3.63) is 36.4 Å². The van der Waals surface area contributed by atoms with Crippen LogP contribution in [0.5, 0.6) is 0 Å². The molecule has 1 saturated heterocycles. The van der Waals surface area contributed by atoms with Crippen LogP contribution in [-0.4, -0.2) is 46.5 Å². The van der Waals surface area contributed by atoms with Crippen molar-refractivity contribution in [2.75, 3.05) is 26.7 Å². The van der Waals surface area contributed by atoms with Crippen molar-refractivity contribution in [1.82, 2.24) is 25.2 Å². The normalized spacial score (nSPS) is 21.1. The monoisotopic (exact) mass is 243 g/mol. The van der Waals surface area contributed by atoms with Crippen LogP contribution in [0.2, 0.25) is 0 Å². The molecule has 0 aliphatic carbocycles. The summed E-state index contributed by atoms with van der Waals surface area (Å²) in [6, 6.07) is 6.15. The zero-order chi connectivity index (χ0) is 12.4. The van der Waals surface area contributed by atoms with E-state index in [1.807, 2.05) is 30.6 Å². The average Bonchev–Trinajstić information content (AvgIpc) is 2.93. The molecular formula is C13H17N5. The van der Waals surface area contributed by atoms with Gasteiger partial charge in [-0.15, -0.1) is 0 Å². The lowest BCUT2D eigenvalue weighted by Gasteiger charge is -2.29. The third kappa shape index (κ3) is 2.27. The molecule has 0 spiro atoms. The third-order valence-corrected chi connectivity index (χ3v) is 3.24. The molecule has 3 heterocycles. The van der Waals surface area contributed by atoms with Crippen LogP contribution in [0.1, 0.15) is 11.9 Å². The molecule has 2 aromatic heterocycles. The predicted molar refractivity (Wildman–Crippen MR) is 70.1 cm³/mol. The van der Waals surface area contributed by atoms with E-state index < -0.39 is 0 Å². The minimum Gasteiger partial charge on any atom is -0.360 e. The first-order valence-electron chi connectivity index (χ1n) is 6.21. The maximum Gasteiger partial charge on any atom is 0.147 e. The van der Waals surface area contributed by atoms with E-state index in [2.05, 4.69) is 32.2 Å². The molecule has 2 N–H and O–H groups in total. The molecule has 1 atom stereocenters. The zero-order valence-corrected chi connectivity index (χ0v) is 10.4. The molecule has 0 saturated carbocycles. The maximum atomic E-state index is 4.64. The van der Waals surface area contributed by atoms with Crippen LogP contribution in [0, 0.1) is 0 Å². The van der Waals surface area contributed by atoms with E-state index in [0.717, 1.165) is 36.8 Å². The van der Waals surface area contributed by atoms with Crippen molar-refractivity contribution in [3.63, 3.8) is 0 Å². The van der Waals surface area contributed by atoms with Crippen LogP contribution >= 0.6 is 0 Å². The van der Waals surface area contributed by atoms with E-state index in [9.17, 15) is 0 Å². The molecule has 2 aromatic rings. The quantitative estimate of drug-likeness (QED) is 0.827. The Labute approximate surface area is 106 Å². The Hall–Kier alpha value is -1.72. The number of rotatable bonds is 2. The minimum absolute atomic E-state index is 0.221. The van der Waals surface area contributed by atoms with Gasteiger partial charge in [0.05, 0.1) is 17.4 Å². The van der Waals surface area contributed by atoms with Gasteiger partial charge in [0.2, 0.25) is 0 Å². The van der Waals surface area contributed by atoms with Crippen molar-refractivity contribution in [3.8, 4) is 11.4 Å². The van der Waals surface area contributed by atoms with Gasteiger partial charge in [0.15, 0.2) is 0 Å². The summed E-state index contributed by atoms with van der Waals surface area (Å²) in [6.07, 6.45) is 3.73. The Bertz CT molecular complexity index is 508. The van der Waals surface area contributed by atoms with E-state index in [1.165, 1.54) is 0 Å². The van der Waals surface area contributed by atoms with Gasteiger partial charge < -0.3 is 15.2 Å². The van der Waals surface area contributed by atoms with Crippen molar-refractivity contribution < 1.29 is 0 Å². The number of nitrogens with one attached hydrogen (secondary N) is 2. The second kappa shape index (κ2) is 4.88. The van der Waals surface area contributed by atoms with Gasteiger partial charge in [-0.05, 0) is 25.2 Å². The summed E-state index contributed by atoms with van der Waals surface area (Å²) in [6.45, 7) is 3.01. The number of hydrogen-bond acceptors (Lipinski definition) is 4. The zero-order valence-electron chi connectivity index (χ0n) is 10.4. The van der Waals surface area contributed by atoms with Gasteiger partial charge in [0, 0.05) is 32.0 Å². The molecule has 0 amide bonds. The number of nitrogens with zero attached hydrogens (tertiary/aromatic N) is 3. The van der Waals surface area contributed by atoms with E-state index in [-0.39, 0.29) is 6.04 Å². The lowest BCUT2D eigenvalue weighted by molar-refractivity contribution is 0.235. The second-order valence-electron chi connectivity index (χ2n) is 4.65. The topological polar surface area (TPSA) is 56.8 Å². The van der Waals surface area contributed by atoms with Crippen LogP contribution in [0.3, 0.4) is 0 Å². The number of piperazine rings is 1. The number of aromatic nitrogens is 3. The molecule has 5 heteroatoms. The lowest BCUT2D eigenvalue weighted by atomic mass is 10.2. The van der Waals surface area contributed by atoms with Crippen LogP contribution in [0.15, 0.2) is 30.6 Å².